The van der Waals surface area contributed by atoms with Crippen molar-refractivity contribution >= 4 is 16.9 Å². The van der Waals surface area contributed by atoms with Crippen LogP contribution in [0.1, 0.15) is 29.5 Å². The molecule has 1 heterocycles. The van der Waals surface area contributed by atoms with Crippen LogP contribution in [0.5, 0.6) is 0 Å². The quantitative estimate of drug-likeness (QED) is 0.875. The molecule has 0 unspecified atom stereocenters. The summed E-state index contributed by atoms with van der Waals surface area (Å²) < 4.78 is 5.41. The Bertz CT molecular complexity index is 628. The smallest absolute Gasteiger partial charge is 0.284 e. The van der Waals surface area contributed by atoms with Crippen LogP contribution in [-0.2, 0) is 6.42 Å². The Morgan fingerprint density at radius 3 is 2.82 bits per heavy atom. The average Bonchev–Trinajstić information content (AvgIpc) is 2.30. The average molecular weight is 231 g/mol. The number of nitrogens with two attached hydrogens (primary N) is 1. The van der Waals surface area contributed by atoms with Gasteiger partial charge in [0.1, 0.15) is 5.58 Å². The topological polar surface area (TPSA) is 73.3 Å². The van der Waals surface area contributed by atoms with Crippen molar-refractivity contribution in [2.75, 3.05) is 0 Å². The highest BCUT2D eigenvalue weighted by Gasteiger charge is 2.11. The predicted octanol–water partition coefficient (Wildman–Crippen LogP) is 1.84. The van der Waals surface area contributed by atoms with Crippen molar-refractivity contribution in [3.63, 3.8) is 0 Å². The first-order valence-electron chi connectivity index (χ1n) is 5.49. The molecule has 0 aliphatic heterocycles. The van der Waals surface area contributed by atoms with Gasteiger partial charge >= 0.3 is 0 Å². The number of fused-ring (bicyclic) bond motifs is 1. The molecule has 2 rings (SSSR count). The number of hydrogen-bond acceptors (Lipinski definition) is 3. The Hall–Kier alpha value is -2.10. The van der Waals surface area contributed by atoms with Gasteiger partial charge in [-0.2, -0.15) is 0 Å². The maximum absolute atomic E-state index is 11.8. The SMILES string of the molecule is CCCc1cccc2c(=O)cc(C(N)=O)oc12. The number of para-hydroxylation sites is 1. The molecule has 4 heteroatoms. The molecule has 0 atom stereocenters. The highest BCUT2D eigenvalue weighted by atomic mass is 16.3. The number of amides is 1. The molecule has 1 aromatic carbocycles. The molecule has 2 aromatic rings. The molecule has 0 fully saturated rings. The van der Waals surface area contributed by atoms with Gasteiger partial charge in [-0.05, 0) is 18.1 Å². The Morgan fingerprint density at radius 2 is 2.18 bits per heavy atom. The minimum absolute atomic E-state index is 0.0916. The third-order valence-corrected chi connectivity index (χ3v) is 2.60. The first kappa shape index (κ1) is 11.4. The van der Waals surface area contributed by atoms with E-state index in [2.05, 4.69) is 0 Å². The first-order valence-corrected chi connectivity index (χ1v) is 5.49. The van der Waals surface area contributed by atoms with E-state index in [-0.39, 0.29) is 11.2 Å². The molecule has 0 saturated heterocycles. The maximum Gasteiger partial charge on any atom is 0.284 e. The summed E-state index contributed by atoms with van der Waals surface area (Å²) in [6, 6.07) is 6.53. The summed E-state index contributed by atoms with van der Waals surface area (Å²) in [7, 11) is 0. The van der Waals surface area contributed by atoms with Crippen LogP contribution in [0, 0.1) is 0 Å². The van der Waals surface area contributed by atoms with E-state index in [1.165, 1.54) is 0 Å². The van der Waals surface area contributed by atoms with Crippen molar-refractivity contribution in [2.24, 2.45) is 5.73 Å². The van der Waals surface area contributed by atoms with Gasteiger partial charge in [-0.15, -0.1) is 0 Å². The van der Waals surface area contributed by atoms with E-state index in [9.17, 15) is 9.59 Å². The van der Waals surface area contributed by atoms with Gasteiger partial charge in [0.05, 0.1) is 5.39 Å². The molecular formula is C13H13NO3. The third kappa shape index (κ3) is 2.06. The highest BCUT2D eigenvalue weighted by molar-refractivity contribution is 5.92. The lowest BCUT2D eigenvalue weighted by atomic mass is 10.1. The normalized spacial score (nSPS) is 10.6. The number of primary amides is 1. The number of carbonyl (C=O) groups excluding carboxylic acids is 1. The Balaban J connectivity index is 2.78. The molecule has 0 bridgehead atoms. The molecule has 1 aromatic heterocycles. The minimum Gasteiger partial charge on any atom is -0.450 e. The van der Waals surface area contributed by atoms with Crippen LogP contribution >= 0.6 is 0 Å². The van der Waals surface area contributed by atoms with Gasteiger partial charge in [-0.3, -0.25) is 9.59 Å². The summed E-state index contributed by atoms with van der Waals surface area (Å²) in [4.78, 5) is 22.8. The molecule has 0 spiro atoms. The van der Waals surface area contributed by atoms with Gasteiger partial charge < -0.3 is 10.2 Å². The summed E-state index contributed by atoms with van der Waals surface area (Å²) in [5.41, 5.74) is 6.28. The predicted molar refractivity (Wildman–Crippen MR) is 65.0 cm³/mol. The molecule has 0 aliphatic rings. The molecule has 17 heavy (non-hydrogen) atoms. The van der Waals surface area contributed by atoms with Crippen LogP contribution < -0.4 is 11.2 Å². The van der Waals surface area contributed by atoms with Crippen LogP contribution in [0.15, 0.2) is 33.5 Å². The van der Waals surface area contributed by atoms with E-state index in [4.69, 9.17) is 10.2 Å². The van der Waals surface area contributed by atoms with E-state index < -0.39 is 5.91 Å². The zero-order valence-corrected chi connectivity index (χ0v) is 9.53. The Labute approximate surface area is 98.0 Å². The zero-order chi connectivity index (χ0) is 12.4. The van der Waals surface area contributed by atoms with Crippen molar-refractivity contribution in [3.05, 3.63) is 45.8 Å². The molecule has 4 nitrogen and oxygen atoms in total. The summed E-state index contributed by atoms with van der Waals surface area (Å²) in [5, 5.41) is 0.487. The van der Waals surface area contributed by atoms with Crippen LogP contribution in [0.2, 0.25) is 0 Å². The van der Waals surface area contributed by atoms with Crippen LogP contribution in [0.3, 0.4) is 0 Å². The fourth-order valence-corrected chi connectivity index (χ4v) is 1.82. The lowest BCUT2D eigenvalue weighted by Crippen LogP contribution is -2.14. The fraction of sp³-hybridized carbons (Fsp3) is 0.231. The molecule has 1 amide bonds. The first-order chi connectivity index (χ1) is 8.13. The number of carbonyl (C=O) groups is 1. The Kier molecular flexibility index (Phi) is 2.95. The lowest BCUT2D eigenvalue weighted by molar-refractivity contribution is 0.0974. The van der Waals surface area contributed by atoms with Crippen molar-refractivity contribution in [3.8, 4) is 0 Å². The fourth-order valence-electron chi connectivity index (χ4n) is 1.82. The molecule has 88 valence electrons. The van der Waals surface area contributed by atoms with E-state index in [1.807, 2.05) is 19.1 Å². The molecular weight excluding hydrogens is 218 g/mol. The summed E-state index contributed by atoms with van der Waals surface area (Å²) in [6.45, 7) is 2.04. The standard InChI is InChI=1S/C13H13NO3/c1-2-4-8-5-3-6-9-10(15)7-11(13(14)16)17-12(8)9/h3,5-7H,2,4H2,1H3,(H2,14,16). The second kappa shape index (κ2) is 4.41. The molecule has 0 aliphatic carbocycles. The molecule has 0 saturated carbocycles. The second-order valence-electron chi connectivity index (χ2n) is 3.88. The van der Waals surface area contributed by atoms with Gasteiger partial charge in [-0.25, -0.2) is 0 Å². The van der Waals surface area contributed by atoms with E-state index in [1.54, 1.807) is 6.07 Å². The highest BCUT2D eigenvalue weighted by Crippen LogP contribution is 2.18. The lowest BCUT2D eigenvalue weighted by Gasteiger charge is -2.04. The van der Waals surface area contributed by atoms with E-state index >= 15 is 0 Å². The monoisotopic (exact) mass is 231 g/mol. The van der Waals surface area contributed by atoms with Gasteiger partial charge in [0.25, 0.3) is 5.91 Å². The second-order valence-corrected chi connectivity index (χ2v) is 3.88. The van der Waals surface area contributed by atoms with Crippen LogP contribution in [-0.4, -0.2) is 5.91 Å². The summed E-state index contributed by atoms with van der Waals surface area (Å²) in [6.07, 6.45) is 1.73. The van der Waals surface area contributed by atoms with Crippen molar-refractivity contribution in [1.29, 1.82) is 0 Å². The maximum atomic E-state index is 11.8. The largest absolute Gasteiger partial charge is 0.450 e. The third-order valence-electron chi connectivity index (χ3n) is 2.60. The zero-order valence-electron chi connectivity index (χ0n) is 9.53. The van der Waals surface area contributed by atoms with Crippen molar-refractivity contribution < 1.29 is 9.21 Å². The van der Waals surface area contributed by atoms with Crippen LogP contribution in [0.4, 0.5) is 0 Å². The number of aryl methyl sites for hydroxylation is 1. The number of benzene rings is 1. The molecule has 2 N–H and O–H groups in total. The van der Waals surface area contributed by atoms with E-state index in [0.717, 1.165) is 24.5 Å². The number of hydrogen-bond donors (Lipinski definition) is 1. The van der Waals surface area contributed by atoms with Gasteiger partial charge in [-0.1, -0.05) is 25.5 Å². The van der Waals surface area contributed by atoms with Gasteiger partial charge in [0.2, 0.25) is 0 Å². The number of rotatable bonds is 3. The van der Waals surface area contributed by atoms with Crippen LogP contribution in [0.25, 0.3) is 11.0 Å². The summed E-state index contributed by atoms with van der Waals surface area (Å²) >= 11 is 0. The molecule has 0 radical (unpaired) electrons. The van der Waals surface area contributed by atoms with Crippen molar-refractivity contribution in [2.45, 2.75) is 19.8 Å². The van der Waals surface area contributed by atoms with E-state index in [0.29, 0.717) is 11.0 Å². The summed E-state index contributed by atoms with van der Waals surface area (Å²) in [5.74, 6) is -0.818. The van der Waals surface area contributed by atoms with Gasteiger partial charge in [0, 0.05) is 6.07 Å². The Morgan fingerprint density at radius 1 is 1.41 bits per heavy atom. The minimum atomic E-state index is -0.727. The van der Waals surface area contributed by atoms with Gasteiger partial charge in [0.15, 0.2) is 11.2 Å². The van der Waals surface area contributed by atoms with Crippen molar-refractivity contribution in [1.82, 2.24) is 0 Å².